The zero-order valence-corrected chi connectivity index (χ0v) is 14.6. The molecular formula is C22H15ClN2O. The second-order valence-electron chi connectivity index (χ2n) is 5.91. The summed E-state index contributed by atoms with van der Waals surface area (Å²) >= 11 is 5.89. The van der Waals surface area contributed by atoms with Crippen LogP contribution in [0, 0.1) is 0 Å². The fourth-order valence-electron chi connectivity index (χ4n) is 2.85. The molecule has 4 heteroatoms. The van der Waals surface area contributed by atoms with Crippen LogP contribution in [0.25, 0.3) is 11.8 Å². The van der Waals surface area contributed by atoms with Gasteiger partial charge in [-0.25, -0.2) is 4.99 Å². The van der Waals surface area contributed by atoms with Gasteiger partial charge in [0.1, 0.15) is 5.84 Å². The molecule has 126 valence electrons. The molecule has 0 atom stereocenters. The average molecular weight is 359 g/mol. The third kappa shape index (κ3) is 3.30. The van der Waals surface area contributed by atoms with Gasteiger partial charge < -0.3 is 5.32 Å². The molecule has 0 fully saturated rings. The summed E-state index contributed by atoms with van der Waals surface area (Å²) in [5.74, 6) is 0.346. The molecule has 26 heavy (non-hydrogen) atoms. The van der Waals surface area contributed by atoms with Gasteiger partial charge >= 0.3 is 0 Å². The van der Waals surface area contributed by atoms with Crippen molar-refractivity contribution in [1.82, 2.24) is 5.32 Å². The number of hydrogen-bond acceptors (Lipinski definition) is 2. The Labute approximate surface area is 156 Å². The van der Waals surface area contributed by atoms with Crippen molar-refractivity contribution in [3.8, 4) is 0 Å². The lowest BCUT2D eigenvalue weighted by Gasteiger charge is -2.06. The Morgan fingerprint density at radius 2 is 1.50 bits per heavy atom. The van der Waals surface area contributed by atoms with Crippen molar-refractivity contribution in [1.29, 1.82) is 0 Å². The van der Waals surface area contributed by atoms with E-state index in [1.54, 1.807) is 24.3 Å². The molecule has 0 saturated carbocycles. The maximum atomic E-state index is 12.5. The Morgan fingerprint density at radius 3 is 2.23 bits per heavy atom. The van der Waals surface area contributed by atoms with E-state index >= 15 is 0 Å². The van der Waals surface area contributed by atoms with Crippen LogP contribution in [0.1, 0.15) is 27.0 Å². The highest BCUT2D eigenvalue weighted by molar-refractivity contribution is 6.30. The second-order valence-corrected chi connectivity index (χ2v) is 6.34. The SMILES string of the molecule is O=C(NC1=NC(=Cc2ccccc2)c2ccccc21)c1ccc(Cl)cc1. The third-order valence-corrected chi connectivity index (χ3v) is 4.38. The Morgan fingerprint density at radius 1 is 0.846 bits per heavy atom. The Kier molecular flexibility index (Phi) is 4.38. The van der Waals surface area contributed by atoms with E-state index < -0.39 is 0 Å². The highest BCUT2D eigenvalue weighted by atomic mass is 35.5. The maximum Gasteiger partial charge on any atom is 0.256 e. The second kappa shape index (κ2) is 6.98. The number of benzene rings is 3. The van der Waals surface area contributed by atoms with Crippen molar-refractivity contribution in [3.05, 3.63) is 106 Å². The first-order valence-corrected chi connectivity index (χ1v) is 8.61. The topological polar surface area (TPSA) is 41.5 Å². The largest absolute Gasteiger partial charge is 0.306 e. The van der Waals surface area contributed by atoms with Gasteiger partial charge in [-0.1, -0.05) is 66.2 Å². The first-order valence-electron chi connectivity index (χ1n) is 8.23. The van der Waals surface area contributed by atoms with E-state index in [-0.39, 0.29) is 5.91 Å². The minimum Gasteiger partial charge on any atom is -0.306 e. The monoisotopic (exact) mass is 358 g/mol. The van der Waals surface area contributed by atoms with Crippen LogP contribution in [-0.4, -0.2) is 11.7 Å². The van der Waals surface area contributed by atoms with E-state index in [0.29, 0.717) is 16.4 Å². The van der Waals surface area contributed by atoms with Crippen molar-refractivity contribution in [2.45, 2.75) is 0 Å². The maximum absolute atomic E-state index is 12.5. The van der Waals surface area contributed by atoms with Crippen LogP contribution in [0.2, 0.25) is 5.02 Å². The number of nitrogens with one attached hydrogen (secondary N) is 1. The van der Waals surface area contributed by atoms with Gasteiger partial charge in [-0.3, -0.25) is 4.79 Å². The van der Waals surface area contributed by atoms with Gasteiger partial charge in [-0.15, -0.1) is 0 Å². The van der Waals surface area contributed by atoms with E-state index in [2.05, 4.69) is 10.3 Å². The third-order valence-electron chi connectivity index (χ3n) is 4.13. The summed E-state index contributed by atoms with van der Waals surface area (Å²) in [4.78, 5) is 17.2. The first kappa shape index (κ1) is 16.3. The first-order chi connectivity index (χ1) is 12.7. The minimum absolute atomic E-state index is 0.212. The lowest BCUT2D eigenvalue weighted by Crippen LogP contribution is -2.30. The molecule has 0 spiro atoms. The molecule has 3 aromatic carbocycles. The quantitative estimate of drug-likeness (QED) is 0.686. The number of amidine groups is 1. The molecule has 4 rings (SSSR count). The Balaban J connectivity index is 1.67. The number of fused-ring (bicyclic) bond motifs is 1. The van der Waals surface area contributed by atoms with Gasteiger partial charge in [-0.2, -0.15) is 0 Å². The normalized spacial score (nSPS) is 14.0. The molecule has 0 aliphatic carbocycles. The Bertz CT molecular complexity index is 1020. The fourth-order valence-corrected chi connectivity index (χ4v) is 2.97. The molecule has 0 bridgehead atoms. The number of nitrogens with zero attached hydrogens (tertiary/aromatic N) is 1. The fraction of sp³-hybridized carbons (Fsp3) is 0. The predicted molar refractivity (Wildman–Crippen MR) is 106 cm³/mol. The summed E-state index contributed by atoms with van der Waals surface area (Å²) < 4.78 is 0. The molecular weight excluding hydrogens is 344 g/mol. The summed E-state index contributed by atoms with van der Waals surface area (Å²) in [7, 11) is 0. The lowest BCUT2D eigenvalue weighted by molar-refractivity contribution is 0.0977. The van der Waals surface area contributed by atoms with E-state index in [9.17, 15) is 4.79 Å². The van der Waals surface area contributed by atoms with Crippen LogP contribution in [-0.2, 0) is 0 Å². The molecule has 1 aliphatic heterocycles. The number of halogens is 1. The molecule has 0 unspecified atom stereocenters. The summed E-state index contributed by atoms with van der Waals surface area (Å²) in [6.45, 7) is 0. The molecule has 0 saturated heterocycles. The molecule has 3 aromatic rings. The highest BCUT2D eigenvalue weighted by Gasteiger charge is 2.21. The van der Waals surface area contributed by atoms with Crippen molar-refractivity contribution in [2.75, 3.05) is 0 Å². The van der Waals surface area contributed by atoms with Crippen LogP contribution < -0.4 is 5.32 Å². The summed E-state index contributed by atoms with van der Waals surface area (Å²) in [6.07, 6.45) is 2.01. The smallest absolute Gasteiger partial charge is 0.256 e. The molecule has 3 nitrogen and oxygen atoms in total. The highest BCUT2D eigenvalue weighted by Crippen LogP contribution is 2.29. The van der Waals surface area contributed by atoms with Crippen LogP contribution in [0.4, 0.5) is 0 Å². The van der Waals surface area contributed by atoms with Crippen molar-refractivity contribution in [2.24, 2.45) is 4.99 Å². The average Bonchev–Trinajstić information content (AvgIpc) is 3.01. The summed E-state index contributed by atoms with van der Waals surface area (Å²) in [6, 6.07) is 24.7. The van der Waals surface area contributed by atoms with Crippen molar-refractivity contribution in [3.63, 3.8) is 0 Å². The summed E-state index contributed by atoms with van der Waals surface area (Å²) in [5.41, 5.74) is 4.35. The Hall–Kier alpha value is -3.17. The minimum atomic E-state index is -0.212. The molecule has 1 amide bonds. The summed E-state index contributed by atoms with van der Waals surface area (Å²) in [5, 5.41) is 3.51. The van der Waals surface area contributed by atoms with Gasteiger partial charge in [0.15, 0.2) is 0 Å². The van der Waals surface area contributed by atoms with Gasteiger partial charge in [-0.05, 0) is 35.9 Å². The van der Waals surface area contributed by atoms with Crippen LogP contribution in [0.5, 0.6) is 0 Å². The molecule has 1 heterocycles. The van der Waals surface area contributed by atoms with Crippen LogP contribution >= 0.6 is 11.6 Å². The van der Waals surface area contributed by atoms with E-state index in [1.807, 2.05) is 60.7 Å². The van der Waals surface area contributed by atoms with E-state index in [1.165, 1.54) is 0 Å². The molecule has 0 aromatic heterocycles. The van der Waals surface area contributed by atoms with E-state index in [4.69, 9.17) is 11.6 Å². The number of rotatable bonds is 2. The van der Waals surface area contributed by atoms with Gasteiger partial charge in [0, 0.05) is 21.7 Å². The molecule has 1 N–H and O–H groups in total. The van der Waals surface area contributed by atoms with Crippen molar-refractivity contribution >= 4 is 35.1 Å². The van der Waals surface area contributed by atoms with E-state index in [0.717, 1.165) is 22.4 Å². The van der Waals surface area contributed by atoms with Crippen LogP contribution in [0.15, 0.2) is 83.9 Å². The molecule has 0 radical (unpaired) electrons. The number of carbonyl (C=O) groups is 1. The number of hydrogen-bond donors (Lipinski definition) is 1. The number of amides is 1. The zero-order valence-electron chi connectivity index (χ0n) is 13.8. The van der Waals surface area contributed by atoms with Gasteiger partial charge in [0.2, 0.25) is 0 Å². The standard InChI is InChI=1S/C22H15ClN2O/c23-17-12-10-16(11-13-17)22(26)25-21-19-9-5-4-8-18(19)20(24-21)14-15-6-2-1-3-7-15/h1-14H,(H,24,25,26). The van der Waals surface area contributed by atoms with Gasteiger partial charge in [0.05, 0.1) is 5.70 Å². The predicted octanol–water partition coefficient (Wildman–Crippen LogP) is 5.03. The lowest BCUT2D eigenvalue weighted by atomic mass is 10.0. The molecule has 1 aliphatic rings. The van der Waals surface area contributed by atoms with Crippen molar-refractivity contribution < 1.29 is 4.79 Å². The van der Waals surface area contributed by atoms with Gasteiger partial charge in [0.25, 0.3) is 5.91 Å². The number of aliphatic imine (C=N–C) groups is 1. The zero-order chi connectivity index (χ0) is 17.9. The van der Waals surface area contributed by atoms with Crippen LogP contribution in [0.3, 0.4) is 0 Å². The number of carbonyl (C=O) groups excluding carboxylic acids is 1.